The Morgan fingerprint density at radius 2 is 1.86 bits per heavy atom. The Labute approximate surface area is 174 Å². The number of hydrogen-bond acceptors (Lipinski definition) is 5. The van der Waals surface area contributed by atoms with Gasteiger partial charge in [0, 0.05) is 34.2 Å². The fourth-order valence-electron chi connectivity index (χ4n) is 2.44. The maximum absolute atomic E-state index is 13.7. The van der Waals surface area contributed by atoms with Gasteiger partial charge in [-0.2, -0.15) is 0 Å². The highest BCUT2D eigenvalue weighted by Gasteiger charge is 2.19. The van der Waals surface area contributed by atoms with Crippen molar-refractivity contribution in [2.45, 2.75) is 16.3 Å². The minimum Gasteiger partial charge on any atom is -0.500 e. The topological polar surface area (TPSA) is 75.4 Å². The smallest absolute Gasteiger partial charge is 0.315 e. The van der Waals surface area contributed by atoms with E-state index in [-0.39, 0.29) is 5.69 Å². The first kappa shape index (κ1) is 20.3. The summed E-state index contributed by atoms with van der Waals surface area (Å²) in [6.45, 7) is 0.297. The molecule has 144 valence electrons. The van der Waals surface area contributed by atoms with E-state index in [0.29, 0.717) is 16.6 Å². The van der Waals surface area contributed by atoms with Gasteiger partial charge in [-0.3, -0.25) is 10.1 Å². The maximum atomic E-state index is 13.7. The minimum atomic E-state index is -1.06. The van der Waals surface area contributed by atoms with Crippen molar-refractivity contribution >= 4 is 46.3 Å². The summed E-state index contributed by atoms with van der Waals surface area (Å²) in [4.78, 5) is 11.9. The molecule has 0 saturated heterocycles. The van der Waals surface area contributed by atoms with Crippen LogP contribution in [0.4, 0.5) is 15.8 Å². The molecule has 0 radical (unpaired) electrons. The number of benzene rings is 3. The van der Waals surface area contributed by atoms with Gasteiger partial charge in [-0.25, -0.2) is 4.39 Å². The Morgan fingerprint density at radius 1 is 1.11 bits per heavy atom. The van der Waals surface area contributed by atoms with Crippen molar-refractivity contribution in [1.82, 2.24) is 0 Å². The Balaban J connectivity index is 1.80. The number of nitrogens with zero attached hydrogens (tertiary/aromatic N) is 1. The summed E-state index contributed by atoms with van der Waals surface area (Å²) < 4.78 is 13.7. The van der Waals surface area contributed by atoms with Gasteiger partial charge in [0.15, 0.2) is 5.82 Å². The zero-order chi connectivity index (χ0) is 20.3. The van der Waals surface area contributed by atoms with E-state index >= 15 is 0 Å². The van der Waals surface area contributed by atoms with Crippen LogP contribution in [0, 0.1) is 15.9 Å². The number of nitrogens with one attached hydrogen (secondary N) is 1. The lowest BCUT2D eigenvalue weighted by atomic mass is 10.2. The highest BCUT2D eigenvalue weighted by atomic mass is 35.5. The van der Waals surface area contributed by atoms with Crippen molar-refractivity contribution in [1.29, 1.82) is 0 Å². The van der Waals surface area contributed by atoms with Crippen molar-refractivity contribution in [3.63, 3.8) is 0 Å². The van der Waals surface area contributed by atoms with Crippen molar-refractivity contribution in [3.8, 4) is 5.75 Å². The number of nitro groups is 1. The number of halogens is 3. The number of phenols is 1. The normalized spacial score (nSPS) is 10.7. The van der Waals surface area contributed by atoms with Gasteiger partial charge < -0.3 is 10.4 Å². The van der Waals surface area contributed by atoms with E-state index in [1.165, 1.54) is 11.8 Å². The standard InChI is InChI=1S/C19H13Cl2FN2O3S/c20-14-6-5-13(9-15(14)21)28-18-4-2-1-3-11(18)10-23-12-7-16(22)19(25)17(8-12)24(26)27/h1-9,23,25H,10H2. The highest BCUT2D eigenvalue weighted by Crippen LogP contribution is 2.35. The molecule has 3 rings (SSSR count). The SMILES string of the molecule is O=[N+]([O-])c1cc(NCc2ccccc2Sc2ccc(Cl)c(Cl)c2)cc(F)c1O. The maximum Gasteiger partial charge on any atom is 0.315 e. The lowest BCUT2D eigenvalue weighted by Crippen LogP contribution is -2.02. The van der Waals surface area contributed by atoms with Crippen LogP contribution in [0.15, 0.2) is 64.4 Å². The summed E-state index contributed by atoms with van der Waals surface area (Å²) in [5, 5.41) is 24.3. The largest absolute Gasteiger partial charge is 0.500 e. The third-order valence-electron chi connectivity index (χ3n) is 3.81. The molecule has 5 nitrogen and oxygen atoms in total. The number of rotatable bonds is 6. The van der Waals surface area contributed by atoms with Gasteiger partial charge in [0.05, 0.1) is 15.0 Å². The van der Waals surface area contributed by atoms with Crippen LogP contribution in [0.1, 0.15) is 5.56 Å². The Hall–Kier alpha value is -2.48. The third kappa shape index (κ3) is 4.67. The Bertz CT molecular complexity index is 1050. The summed E-state index contributed by atoms with van der Waals surface area (Å²) in [5.41, 5.74) is 0.395. The average Bonchev–Trinajstić information content (AvgIpc) is 2.66. The quantitative estimate of drug-likeness (QED) is 0.260. The van der Waals surface area contributed by atoms with E-state index in [4.69, 9.17) is 23.2 Å². The van der Waals surface area contributed by atoms with E-state index < -0.39 is 22.2 Å². The third-order valence-corrected chi connectivity index (χ3v) is 5.66. The van der Waals surface area contributed by atoms with Crippen LogP contribution in [0.2, 0.25) is 10.0 Å². The predicted molar refractivity (Wildman–Crippen MR) is 109 cm³/mol. The van der Waals surface area contributed by atoms with E-state index in [1.54, 1.807) is 12.1 Å². The van der Waals surface area contributed by atoms with E-state index in [0.717, 1.165) is 27.5 Å². The minimum absolute atomic E-state index is 0.191. The average molecular weight is 439 g/mol. The van der Waals surface area contributed by atoms with Crippen LogP contribution >= 0.6 is 35.0 Å². The van der Waals surface area contributed by atoms with Gasteiger partial charge in [-0.15, -0.1) is 0 Å². The molecule has 0 amide bonds. The molecule has 0 fully saturated rings. The van der Waals surface area contributed by atoms with Crippen LogP contribution in [0.5, 0.6) is 5.75 Å². The second kappa shape index (κ2) is 8.68. The van der Waals surface area contributed by atoms with Crippen LogP contribution in [0.25, 0.3) is 0 Å². The van der Waals surface area contributed by atoms with E-state index in [2.05, 4.69) is 5.32 Å². The van der Waals surface area contributed by atoms with Crippen molar-refractivity contribution < 1.29 is 14.4 Å². The molecule has 0 atom stereocenters. The molecular weight excluding hydrogens is 426 g/mol. The fraction of sp³-hybridized carbons (Fsp3) is 0.0526. The lowest BCUT2D eigenvalue weighted by Gasteiger charge is -2.12. The first-order chi connectivity index (χ1) is 13.3. The van der Waals surface area contributed by atoms with Crippen molar-refractivity contribution in [3.05, 3.63) is 86.1 Å². The van der Waals surface area contributed by atoms with E-state index in [9.17, 15) is 19.6 Å². The number of hydrogen-bond donors (Lipinski definition) is 2. The summed E-state index contributed by atoms with van der Waals surface area (Å²) in [6.07, 6.45) is 0. The Kier molecular flexibility index (Phi) is 6.28. The molecule has 0 aromatic heterocycles. The molecule has 2 N–H and O–H groups in total. The second-order valence-corrected chi connectivity index (χ2v) is 7.65. The molecular formula is C19H13Cl2FN2O3S. The molecule has 0 aliphatic carbocycles. The molecule has 0 saturated carbocycles. The van der Waals surface area contributed by atoms with Gasteiger partial charge in [0.2, 0.25) is 5.75 Å². The summed E-state index contributed by atoms with van der Waals surface area (Å²) in [5.74, 6) is -2.04. The summed E-state index contributed by atoms with van der Waals surface area (Å²) in [6, 6.07) is 15.0. The molecule has 0 heterocycles. The number of aromatic hydroxyl groups is 1. The van der Waals surface area contributed by atoms with Crippen LogP contribution in [-0.4, -0.2) is 10.0 Å². The zero-order valence-electron chi connectivity index (χ0n) is 14.2. The fourth-order valence-corrected chi connectivity index (χ4v) is 3.79. The van der Waals surface area contributed by atoms with Crippen LogP contribution in [-0.2, 0) is 6.54 Å². The molecule has 0 aliphatic heterocycles. The zero-order valence-corrected chi connectivity index (χ0v) is 16.5. The van der Waals surface area contributed by atoms with Gasteiger partial charge in [-0.1, -0.05) is 53.2 Å². The number of phenolic OH excluding ortho intramolecular Hbond substituents is 1. The van der Waals surface area contributed by atoms with Crippen LogP contribution < -0.4 is 5.32 Å². The molecule has 3 aromatic rings. The molecule has 0 bridgehead atoms. The van der Waals surface area contributed by atoms with Crippen LogP contribution in [0.3, 0.4) is 0 Å². The van der Waals surface area contributed by atoms with Crippen molar-refractivity contribution in [2.24, 2.45) is 0 Å². The second-order valence-electron chi connectivity index (χ2n) is 5.72. The molecule has 3 aromatic carbocycles. The molecule has 0 unspecified atom stereocenters. The summed E-state index contributed by atoms with van der Waals surface area (Å²) >= 11 is 13.5. The van der Waals surface area contributed by atoms with Crippen molar-refractivity contribution in [2.75, 3.05) is 5.32 Å². The first-order valence-corrected chi connectivity index (χ1v) is 9.54. The molecule has 28 heavy (non-hydrogen) atoms. The number of anilines is 1. The Morgan fingerprint density at radius 3 is 2.57 bits per heavy atom. The predicted octanol–water partition coefficient (Wildman–Crippen LogP) is 6.51. The van der Waals surface area contributed by atoms with Gasteiger partial charge >= 0.3 is 5.69 Å². The van der Waals surface area contributed by atoms with Gasteiger partial charge in [-0.05, 0) is 29.8 Å². The highest BCUT2D eigenvalue weighted by molar-refractivity contribution is 7.99. The van der Waals surface area contributed by atoms with E-state index in [1.807, 2.05) is 30.3 Å². The lowest BCUT2D eigenvalue weighted by molar-refractivity contribution is -0.386. The number of nitro benzene ring substituents is 1. The molecule has 0 aliphatic rings. The monoisotopic (exact) mass is 438 g/mol. The van der Waals surface area contributed by atoms with Gasteiger partial charge in [0.25, 0.3) is 0 Å². The molecule has 9 heteroatoms. The summed E-state index contributed by atoms with van der Waals surface area (Å²) in [7, 11) is 0. The van der Waals surface area contributed by atoms with Gasteiger partial charge in [0.1, 0.15) is 0 Å². The first-order valence-electron chi connectivity index (χ1n) is 7.96. The molecule has 0 spiro atoms.